The highest BCUT2D eigenvalue weighted by molar-refractivity contribution is 6.30. The summed E-state index contributed by atoms with van der Waals surface area (Å²) in [5.41, 5.74) is 7.34. The van der Waals surface area contributed by atoms with Crippen molar-refractivity contribution in [1.82, 2.24) is 29.0 Å². The van der Waals surface area contributed by atoms with Crippen molar-refractivity contribution in [3.63, 3.8) is 0 Å². The molecule has 1 atom stereocenters. The largest absolute Gasteiger partial charge is 0.443 e. The highest BCUT2D eigenvalue weighted by Crippen LogP contribution is 2.48. The van der Waals surface area contributed by atoms with E-state index in [0.717, 1.165) is 78.8 Å². The van der Waals surface area contributed by atoms with Crippen molar-refractivity contribution in [3.8, 4) is 11.5 Å². The highest BCUT2D eigenvalue weighted by Gasteiger charge is 2.41. The van der Waals surface area contributed by atoms with Crippen LogP contribution in [-0.4, -0.2) is 49.1 Å². The van der Waals surface area contributed by atoms with Gasteiger partial charge in [-0.3, -0.25) is 9.88 Å². The summed E-state index contributed by atoms with van der Waals surface area (Å²) in [6.45, 7) is 8.11. The molecular weight excluding hydrogens is 562 g/mol. The molecule has 0 bridgehead atoms. The second-order valence-corrected chi connectivity index (χ2v) is 11.5. The normalized spacial score (nSPS) is 18.3. The molecule has 9 nitrogen and oxygen atoms in total. The van der Waals surface area contributed by atoms with Crippen LogP contribution >= 0.6 is 11.6 Å². The molecule has 7 rings (SSSR count). The van der Waals surface area contributed by atoms with Gasteiger partial charge in [0.1, 0.15) is 11.5 Å². The molecule has 1 N–H and O–H groups in total. The first-order valence-corrected chi connectivity index (χ1v) is 15.0. The van der Waals surface area contributed by atoms with E-state index < -0.39 is 5.79 Å². The fourth-order valence-corrected chi connectivity index (χ4v) is 6.10. The summed E-state index contributed by atoms with van der Waals surface area (Å²) in [5.74, 6) is 1.52. The van der Waals surface area contributed by atoms with Gasteiger partial charge in [-0.15, -0.1) is 0 Å². The lowest BCUT2D eigenvalue weighted by molar-refractivity contribution is -0.0718. The molecule has 0 fully saturated rings. The Morgan fingerprint density at radius 2 is 1.98 bits per heavy atom. The lowest BCUT2D eigenvalue weighted by Crippen LogP contribution is -2.32. The van der Waals surface area contributed by atoms with Crippen LogP contribution in [0.1, 0.15) is 43.0 Å². The highest BCUT2D eigenvalue weighted by atomic mass is 35.5. The number of hydrogen-bond acceptors (Lipinski definition) is 7. The topological polar surface area (TPSA) is 82.3 Å². The number of nitrogens with zero attached hydrogens (tertiary/aromatic N) is 6. The summed E-state index contributed by atoms with van der Waals surface area (Å²) in [4.78, 5) is 16.4. The minimum absolute atomic E-state index is 0.575. The van der Waals surface area contributed by atoms with E-state index in [1.165, 1.54) is 11.3 Å². The zero-order valence-electron chi connectivity index (χ0n) is 24.5. The monoisotopic (exact) mass is 595 g/mol. The summed E-state index contributed by atoms with van der Waals surface area (Å²) in [6, 6.07) is 16.1. The van der Waals surface area contributed by atoms with Crippen molar-refractivity contribution >= 4 is 33.9 Å². The van der Waals surface area contributed by atoms with Crippen LogP contribution in [0, 0.1) is 0 Å². The van der Waals surface area contributed by atoms with Gasteiger partial charge in [-0.25, -0.2) is 9.97 Å². The summed E-state index contributed by atoms with van der Waals surface area (Å²) >= 11 is 6.06. The molecule has 2 aromatic carbocycles. The number of benzene rings is 2. The number of halogens is 1. The number of nitrogens with one attached hydrogen (secondary N) is 1. The third kappa shape index (κ3) is 5.13. The first-order chi connectivity index (χ1) is 20.9. The van der Waals surface area contributed by atoms with Crippen LogP contribution in [0.4, 0.5) is 5.69 Å². The Bertz CT molecular complexity index is 1830. The lowest BCUT2D eigenvalue weighted by atomic mass is 9.98. The molecule has 0 spiro atoms. The van der Waals surface area contributed by atoms with E-state index in [1.54, 1.807) is 12.3 Å². The van der Waals surface area contributed by atoms with Crippen molar-refractivity contribution < 1.29 is 9.47 Å². The molecule has 0 saturated heterocycles. The van der Waals surface area contributed by atoms with Crippen molar-refractivity contribution in [2.45, 2.75) is 45.7 Å². The number of imidazole rings is 2. The number of ether oxygens (including phenoxy) is 2. The molecular formula is C33H34ClN7O2. The summed E-state index contributed by atoms with van der Waals surface area (Å²) in [6.07, 6.45) is 8.66. The van der Waals surface area contributed by atoms with Crippen LogP contribution in [0.2, 0.25) is 5.02 Å². The summed E-state index contributed by atoms with van der Waals surface area (Å²) < 4.78 is 17.3. The van der Waals surface area contributed by atoms with Crippen LogP contribution in [-0.2, 0) is 25.4 Å². The van der Waals surface area contributed by atoms with Gasteiger partial charge in [0.2, 0.25) is 0 Å². The number of aromatic nitrogens is 5. The molecule has 220 valence electrons. The second-order valence-electron chi connectivity index (χ2n) is 11.1. The van der Waals surface area contributed by atoms with E-state index in [1.807, 2.05) is 44.7 Å². The molecule has 0 aliphatic carbocycles. The van der Waals surface area contributed by atoms with Gasteiger partial charge in [-0.2, -0.15) is 0 Å². The number of rotatable bonds is 8. The van der Waals surface area contributed by atoms with E-state index >= 15 is 0 Å². The Kier molecular flexibility index (Phi) is 7.07. The van der Waals surface area contributed by atoms with Crippen LogP contribution in [0.5, 0.6) is 11.5 Å². The smallest absolute Gasteiger partial charge is 0.292 e. The fraction of sp³-hybridized carbons (Fsp3) is 0.303. The van der Waals surface area contributed by atoms with Gasteiger partial charge in [0, 0.05) is 57.3 Å². The molecule has 43 heavy (non-hydrogen) atoms. The fourth-order valence-electron chi connectivity index (χ4n) is 5.99. The Hall–Kier alpha value is -4.34. The minimum Gasteiger partial charge on any atom is -0.443 e. The van der Waals surface area contributed by atoms with Crippen molar-refractivity contribution in [3.05, 3.63) is 101 Å². The molecule has 2 aliphatic rings. The van der Waals surface area contributed by atoms with Crippen LogP contribution < -0.4 is 14.8 Å². The quantitative estimate of drug-likeness (QED) is 0.225. The number of anilines is 1. The zero-order chi connectivity index (χ0) is 29.6. The first-order valence-electron chi connectivity index (χ1n) is 14.6. The predicted molar refractivity (Wildman–Crippen MR) is 168 cm³/mol. The van der Waals surface area contributed by atoms with E-state index in [0.29, 0.717) is 10.7 Å². The first kappa shape index (κ1) is 27.5. The summed E-state index contributed by atoms with van der Waals surface area (Å²) in [7, 11) is 1.94. The Balaban J connectivity index is 1.13. The van der Waals surface area contributed by atoms with Crippen LogP contribution in [0.25, 0.3) is 16.6 Å². The molecule has 2 aliphatic heterocycles. The maximum Gasteiger partial charge on any atom is 0.292 e. The number of pyridine rings is 1. The average Bonchev–Trinajstić information content (AvgIpc) is 3.72. The number of fused-ring (bicyclic) bond motifs is 2. The SMILES string of the molecule is CCn1cncc1Cn1c(CN2CC=C(c3cccc4c3OC(C)(c3ccc(Cl)cn3)O4)CC2)nc2cc(NC)ccc21. The minimum atomic E-state index is -1.01. The standard InChI is InChI=1S/C33H34ClN7O2/c1-4-40-21-36-18-25(40)19-41-28-10-9-24(35-3)16-27(28)38-31(41)20-39-14-12-22(13-15-39)26-6-5-7-29-32(26)43-33(2,42-29)30-11-8-23(34)17-37-30/h5-12,16-18,21,35H,4,13-15,19-20H2,1-3H3. The maximum absolute atomic E-state index is 6.46. The van der Waals surface area contributed by atoms with Gasteiger partial charge in [0.25, 0.3) is 5.79 Å². The van der Waals surface area contributed by atoms with Gasteiger partial charge >= 0.3 is 0 Å². The number of hydrogen-bond donors (Lipinski definition) is 1. The molecule has 0 amide bonds. The number of para-hydroxylation sites is 1. The molecule has 0 radical (unpaired) electrons. The Morgan fingerprint density at radius 1 is 1.07 bits per heavy atom. The van der Waals surface area contributed by atoms with E-state index in [4.69, 9.17) is 26.1 Å². The predicted octanol–water partition coefficient (Wildman–Crippen LogP) is 6.32. The third-order valence-corrected chi connectivity index (χ3v) is 8.58. The Labute approximate surface area is 255 Å². The number of aryl methyl sites for hydroxylation is 1. The molecule has 5 heterocycles. The average molecular weight is 596 g/mol. The maximum atomic E-state index is 6.46. The zero-order valence-corrected chi connectivity index (χ0v) is 25.3. The van der Waals surface area contributed by atoms with E-state index in [-0.39, 0.29) is 0 Å². The molecule has 0 saturated carbocycles. The van der Waals surface area contributed by atoms with Gasteiger partial charge < -0.3 is 23.9 Å². The van der Waals surface area contributed by atoms with Crippen LogP contribution in [0.3, 0.4) is 0 Å². The lowest BCUT2D eigenvalue weighted by Gasteiger charge is -2.27. The van der Waals surface area contributed by atoms with Gasteiger partial charge in [-0.05, 0) is 55.3 Å². The van der Waals surface area contributed by atoms with Crippen molar-refractivity contribution in [2.75, 3.05) is 25.5 Å². The van der Waals surface area contributed by atoms with Crippen LogP contribution in [0.15, 0.2) is 73.3 Å². The second kappa shape index (κ2) is 11.1. The molecule has 3 aromatic heterocycles. The van der Waals surface area contributed by atoms with Gasteiger partial charge in [0.15, 0.2) is 11.5 Å². The Morgan fingerprint density at radius 3 is 2.74 bits per heavy atom. The third-order valence-electron chi connectivity index (χ3n) is 8.35. The van der Waals surface area contributed by atoms with Gasteiger partial charge in [-0.1, -0.05) is 29.8 Å². The molecule has 5 aromatic rings. The summed E-state index contributed by atoms with van der Waals surface area (Å²) in [5, 5.41) is 3.81. The van der Waals surface area contributed by atoms with Gasteiger partial charge in [0.05, 0.1) is 41.2 Å². The molecule has 10 heteroatoms. The van der Waals surface area contributed by atoms with E-state index in [2.05, 4.69) is 66.6 Å². The molecule has 1 unspecified atom stereocenters. The van der Waals surface area contributed by atoms with Crippen molar-refractivity contribution in [2.24, 2.45) is 0 Å². The van der Waals surface area contributed by atoms with E-state index in [9.17, 15) is 0 Å². The van der Waals surface area contributed by atoms with Crippen molar-refractivity contribution in [1.29, 1.82) is 0 Å².